The summed E-state index contributed by atoms with van der Waals surface area (Å²) in [5.41, 5.74) is 2.27. The van der Waals surface area contributed by atoms with Crippen molar-refractivity contribution in [3.63, 3.8) is 0 Å². The molecule has 0 N–H and O–H groups in total. The first-order valence-electron chi connectivity index (χ1n) is 8.75. The standard InChI is InChI=1S/C19H19BrN2O4S/c20-16-3-1-14(2-4-16)19(23)22-8-7-15-13-17(5-6-18(15)22)27(24,25)21-9-11-26-12-10-21/h1-6,13H,7-12H2. The van der Waals surface area contributed by atoms with Crippen molar-refractivity contribution in [3.8, 4) is 0 Å². The molecular weight excluding hydrogens is 432 g/mol. The van der Waals surface area contributed by atoms with Crippen LogP contribution >= 0.6 is 15.9 Å². The van der Waals surface area contributed by atoms with Crippen LogP contribution < -0.4 is 4.90 Å². The largest absolute Gasteiger partial charge is 0.379 e. The van der Waals surface area contributed by atoms with Crippen LogP contribution in [-0.4, -0.2) is 51.5 Å². The van der Waals surface area contributed by atoms with E-state index in [1.165, 1.54) is 4.31 Å². The zero-order chi connectivity index (χ0) is 19.0. The molecule has 6 nitrogen and oxygen atoms in total. The van der Waals surface area contributed by atoms with Crippen LogP contribution in [0.3, 0.4) is 0 Å². The van der Waals surface area contributed by atoms with Gasteiger partial charge in [-0.25, -0.2) is 8.42 Å². The van der Waals surface area contributed by atoms with Crippen molar-refractivity contribution in [2.75, 3.05) is 37.7 Å². The van der Waals surface area contributed by atoms with Crippen LogP contribution in [0.15, 0.2) is 51.8 Å². The molecule has 2 aliphatic heterocycles. The fourth-order valence-electron chi connectivity index (χ4n) is 3.43. The second-order valence-electron chi connectivity index (χ2n) is 6.52. The fraction of sp³-hybridized carbons (Fsp3) is 0.316. The number of amides is 1. The topological polar surface area (TPSA) is 66.9 Å². The third-order valence-electron chi connectivity index (χ3n) is 4.89. The van der Waals surface area contributed by atoms with Gasteiger partial charge in [-0.1, -0.05) is 15.9 Å². The summed E-state index contributed by atoms with van der Waals surface area (Å²) in [6.45, 7) is 2.12. The summed E-state index contributed by atoms with van der Waals surface area (Å²) in [5.74, 6) is -0.0787. The van der Waals surface area contributed by atoms with Crippen LogP contribution in [0.2, 0.25) is 0 Å². The van der Waals surface area contributed by atoms with Gasteiger partial charge in [-0.05, 0) is 54.4 Å². The number of hydrogen-bond donors (Lipinski definition) is 0. The van der Waals surface area contributed by atoms with Crippen LogP contribution in [0.25, 0.3) is 0 Å². The zero-order valence-corrected chi connectivity index (χ0v) is 17.0. The molecule has 2 aromatic rings. The van der Waals surface area contributed by atoms with E-state index in [9.17, 15) is 13.2 Å². The van der Waals surface area contributed by atoms with E-state index in [0.29, 0.717) is 44.8 Å². The first-order chi connectivity index (χ1) is 13.0. The summed E-state index contributed by atoms with van der Waals surface area (Å²) < 4.78 is 33.3. The molecule has 2 heterocycles. The Morgan fingerprint density at radius 2 is 1.70 bits per heavy atom. The zero-order valence-electron chi connectivity index (χ0n) is 14.6. The first kappa shape index (κ1) is 18.6. The van der Waals surface area contributed by atoms with Crippen LogP contribution in [0, 0.1) is 0 Å². The van der Waals surface area contributed by atoms with Gasteiger partial charge in [0.2, 0.25) is 10.0 Å². The highest BCUT2D eigenvalue weighted by Gasteiger charge is 2.30. The lowest BCUT2D eigenvalue weighted by atomic mass is 10.1. The fourth-order valence-corrected chi connectivity index (χ4v) is 5.16. The molecule has 2 aromatic carbocycles. The normalized spacial score (nSPS) is 17.7. The summed E-state index contributed by atoms with van der Waals surface area (Å²) in [4.78, 5) is 14.8. The monoisotopic (exact) mass is 450 g/mol. The first-order valence-corrected chi connectivity index (χ1v) is 11.0. The number of benzene rings is 2. The Hall–Kier alpha value is -1.74. The van der Waals surface area contributed by atoms with Crippen molar-refractivity contribution >= 4 is 37.5 Å². The summed E-state index contributed by atoms with van der Waals surface area (Å²) >= 11 is 3.37. The second-order valence-corrected chi connectivity index (χ2v) is 9.37. The van der Waals surface area contributed by atoms with Gasteiger partial charge >= 0.3 is 0 Å². The lowest BCUT2D eigenvalue weighted by molar-refractivity contribution is 0.0730. The Labute approximate surface area is 166 Å². The smallest absolute Gasteiger partial charge is 0.258 e. The number of carbonyl (C=O) groups is 1. The molecule has 1 saturated heterocycles. The summed E-state index contributed by atoms with van der Waals surface area (Å²) in [6.07, 6.45) is 0.643. The van der Waals surface area contributed by atoms with Gasteiger partial charge in [-0.2, -0.15) is 4.31 Å². The van der Waals surface area contributed by atoms with Crippen molar-refractivity contribution in [1.29, 1.82) is 0 Å². The SMILES string of the molecule is O=C(c1ccc(Br)cc1)N1CCc2cc(S(=O)(=O)N3CCOCC3)ccc21. The maximum absolute atomic E-state index is 12.8. The minimum Gasteiger partial charge on any atom is -0.379 e. The Morgan fingerprint density at radius 3 is 2.41 bits per heavy atom. The van der Waals surface area contributed by atoms with E-state index in [1.54, 1.807) is 35.2 Å². The number of halogens is 1. The van der Waals surface area contributed by atoms with Gasteiger partial charge in [0.1, 0.15) is 0 Å². The van der Waals surface area contributed by atoms with Crippen molar-refractivity contribution < 1.29 is 17.9 Å². The molecule has 27 heavy (non-hydrogen) atoms. The van der Waals surface area contributed by atoms with E-state index in [2.05, 4.69) is 15.9 Å². The van der Waals surface area contributed by atoms with Crippen molar-refractivity contribution in [1.82, 2.24) is 4.31 Å². The number of sulfonamides is 1. The number of ether oxygens (including phenoxy) is 1. The van der Waals surface area contributed by atoms with Gasteiger partial charge in [-0.15, -0.1) is 0 Å². The van der Waals surface area contributed by atoms with Crippen LogP contribution in [0.4, 0.5) is 5.69 Å². The summed E-state index contributed by atoms with van der Waals surface area (Å²) in [6, 6.07) is 12.3. The lowest BCUT2D eigenvalue weighted by Gasteiger charge is -2.26. The summed E-state index contributed by atoms with van der Waals surface area (Å²) in [7, 11) is -3.53. The van der Waals surface area contributed by atoms with Crippen LogP contribution in [-0.2, 0) is 21.2 Å². The number of carbonyl (C=O) groups excluding carboxylic acids is 1. The van der Waals surface area contributed by atoms with Crippen molar-refractivity contribution in [3.05, 3.63) is 58.1 Å². The van der Waals surface area contributed by atoms with Gasteiger partial charge in [0, 0.05) is 35.4 Å². The third-order valence-corrected chi connectivity index (χ3v) is 7.31. The van der Waals surface area contributed by atoms with E-state index in [4.69, 9.17) is 4.74 Å². The van der Waals surface area contributed by atoms with Gasteiger partial charge < -0.3 is 9.64 Å². The molecular formula is C19H19BrN2O4S. The molecule has 0 unspecified atom stereocenters. The van der Waals surface area contributed by atoms with Gasteiger partial charge in [0.05, 0.1) is 18.1 Å². The van der Waals surface area contributed by atoms with E-state index in [-0.39, 0.29) is 10.8 Å². The molecule has 2 aliphatic rings. The number of nitrogens with zero attached hydrogens (tertiary/aromatic N) is 2. The Morgan fingerprint density at radius 1 is 1.00 bits per heavy atom. The number of hydrogen-bond acceptors (Lipinski definition) is 4. The Kier molecular flexibility index (Phi) is 5.07. The lowest BCUT2D eigenvalue weighted by Crippen LogP contribution is -2.40. The molecule has 1 amide bonds. The van der Waals surface area contributed by atoms with E-state index in [1.807, 2.05) is 12.1 Å². The molecule has 8 heteroatoms. The number of rotatable bonds is 3. The van der Waals surface area contributed by atoms with Gasteiger partial charge in [0.15, 0.2) is 0 Å². The van der Waals surface area contributed by atoms with E-state index < -0.39 is 10.0 Å². The predicted octanol–water partition coefficient (Wildman–Crippen LogP) is 2.67. The molecule has 0 bridgehead atoms. The highest BCUT2D eigenvalue weighted by Crippen LogP contribution is 2.32. The predicted molar refractivity (Wildman–Crippen MR) is 106 cm³/mol. The van der Waals surface area contributed by atoms with E-state index >= 15 is 0 Å². The molecule has 0 radical (unpaired) electrons. The minimum atomic E-state index is -3.53. The van der Waals surface area contributed by atoms with Crippen LogP contribution in [0.1, 0.15) is 15.9 Å². The Bertz CT molecular complexity index is 970. The highest BCUT2D eigenvalue weighted by atomic mass is 79.9. The second kappa shape index (κ2) is 7.35. The average molecular weight is 451 g/mol. The van der Waals surface area contributed by atoms with Crippen molar-refractivity contribution in [2.45, 2.75) is 11.3 Å². The molecule has 0 atom stereocenters. The summed E-state index contributed by atoms with van der Waals surface area (Å²) in [5, 5.41) is 0. The Balaban J connectivity index is 1.60. The quantitative estimate of drug-likeness (QED) is 0.720. The number of morpholine rings is 1. The molecule has 0 aromatic heterocycles. The third kappa shape index (κ3) is 3.54. The molecule has 142 valence electrons. The molecule has 4 rings (SSSR count). The molecule has 0 saturated carbocycles. The number of anilines is 1. The maximum Gasteiger partial charge on any atom is 0.258 e. The van der Waals surface area contributed by atoms with Crippen LogP contribution in [0.5, 0.6) is 0 Å². The van der Waals surface area contributed by atoms with Gasteiger partial charge in [-0.3, -0.25) is 4.79 Å². The maximum atomic E-state index is 12.8. The average Bonchev–Trinajstić information content (AvgIpc) is 3.12. The molecule has 1 fully saturated rings. The van der Waals surface area contributed by atoms with Gasteiger partial charge in [0.25, 0.3) is 5.91 Å². The number of fused-ring (bicyclic) bond motifs is 1. The molecule has 0 aliphatic carbocycles. The highest BCUT2D eigenvalue weighted by molar-refractivity contribution is 9.10. The van der Waals surface area contributed by atoms with Crippen molar-refractivity contribution in [2.24, 2.45) is 0 Å². The van der Waals surface area contributed by atoms with E-state index in [0.717, 1.165) is 15.7 Å². The molecule has 0 spiro atoms. The minimum absolute atomic E-state index is 0.0787.